The van der Waals surface area contributed by atoms with E-state index >= 15 is 0 Å². The van der Waals surface area contributed by atoms with Crippen LogP contribution in [0.2, 0.25) is 0 Å². The van der Waals surface area contributed by atoms with E-state index in [-0.39, 0.29) is 0 Å². The van der Waals surface area contributed by atoms with Crippen molar-refractivity contribution in [1.29, 1.82) is 0 Å². The van der Waals surface area contributed by atoms with Gasteiger partial charge in [-0.25, -0.2) is 9.59 Å². The number of rotatable bonds is 9. The third kappa shape index (κ3) is 5.10. The maximum Gasteiger partial charge on any atom is 0.336 e. The molecule has 0 bridgehead atoms. The van der Waals surface area contributed by atoms with Crippen molar-refractivity contribution >= 4 is 11.9 Å². The molecule has 2 fully saturated rings. The summed E-state index contributed by atoms with van der Waals surface area (Å²) >= 11 is 0. The molecule has 3 rings (SSSR count). The van der Waals surface area contributed by atoms with E-state index in [4.69, 9.17) is 9.47 Å². The van der Waals surface area contributed by atoms with Crippen LogP contribution >= 0.6 is 0 Å². The lowest BCUT2D eigenvalue weighted by Crippen LogP contribution is -2.36. The number of allylic oxidation sites excluding steroid dienone is 1. The van der Waals surface area contributed by atoms with Gasteiger partial charge in [-0.1, -0.05) is 62.9 Å². The predicted molar refractivity (Wildman–Crippen MR) is 112 cm³/mol. The number of aliphatic carboxylic acids is 2. The highest BCUT2D eigenvalue weighted by atomic mass is 16.7. The van der Waals surface area contributed by atoms with Gasteiger partial charge in [0.25, 0.3) is 0 Å². The van der Waals surface area contributed by atoms with Gasteiger partial charge < -0.3 is 19.7 Å². The first-order valence-corrected chi connectivity index (χ1v) is 10.9. The van der Waals surface area contributed by atoms with Crippen LogP contribution in [-0.2, 0) is 19.1 Å². The monoisotopic (exact) mass is 416 g/mol. The highest BCUT2D eigenvalue weighted by Crippen LogP contribution is 2.42. The van der Waals surface area contributed by atoms with Crippen molar-refractivity contribution in [3.63, 3.8) is 0 Å². The Hall–Kier alpha value is -2.18. The third-order valence-electron chi connectivity index (χ3n) is 6.52. The molecule has 6 nitrogen and oxygen atoms in total. The molecule has 2 aliphatic rings. The summed E-state index contributed by atoms with van der Waals surface area (Å²) in [5, 5.41) is 18.4. The van der Waals surface area contributed by atoms with Crippen LogP contribution in [0.3, 0.4) is 0 Å². The number of hydrogen-bond acceptors (Lipinski definition) is 4. The molecule has 1 aliphatic carbocycles. The first kappa shape index (κ1) is 22.5. The zero-order chi connectivity index (χ0) is 21.7. The second-order valence-corrected chi connectivity index (χ2v) is 8.49. The van der Waals surface area contributed by atoms with Crippen molar-refractivity contribution in [3.8, 4) is 0 Å². The van der Waals surface area contributed by atoms with E-state index in [1.54, 1.807) is 0 Å². The maximum atomic E-state index is 11.3. The van der Waals surface area contributed by atoms with Crippen LogP contribution in [0.4, 0.5) is 0 Å². The average Bonchev–Trinajstić information content (AvgIpc) is 3.20. The summed E-state index contributed by atoms with van der Waals surface area (Å²) in [6.45, 7) is 6.20. The normalized spacial score (nSPS) is 28.2. The SMILES string of the molecule is C=CCC(c1ccc(C2O[C@@H](C(=O)O)[C@H](C(=O)O)O2)cc1)[C@H]1CC[C@H](CCC)CC1. The number of ether oxygens (including phenoxy) is 2. The van der Waals surface area contributed by atoms with Crippen LogP contribution < -0.4 is 0 Å². The number of carboxylic acids is 2. The summed E-state index contributed by atoms with van der Waals surface area (Å²) in [7, 11) is 0. The molecule has 3 atom stereocenters. The molecule has 1 unspecified atom stereocenters. The number of benzene rings is 1. The van der Waals surface area contributed by atoms with Crippen LogP contribution in [0.15, 0.2) is 36.9 Å². The Bertz CT molecular complexity index is 713. The maximum absolute atomic E-state index is 11.3. The quantitative estimate of drug-likeness (QED) is 0.556. The van der Waals surface area contributed by atoms with Gasteiger partial charge in [0, 0.05) is 5.56 Å². The van der Waals surface area contributed by atoms with Gasteiger partial charge in [0.1, 0.15) is 0 Å². The fourth-order valence-electron chi connectivity index (χ4n) is 4.94. The molecular formula is C24H32O6. The lowest BCUT2D eigenvalue weighted by atomic mass is 9.71. The molecule has 1 aromatic carbocycles. The topological polar surface area (TPSA) is 93.1 Å². The van der Waals surface area contributed by atoms with Gasteiger partial charge in [-0.15, -0.1) is 6.58 Å². The summed E-state index contributed by atoms with van der Waals surface area (Å²) in [4.78, 5) is 22.5. The molecule has 164 valence electrons. The van der Waals surface area contributed by atoms with Gasteiger partial charge in [0.15, 0.2) is 18.5 Å². The molecule has 30 heavy (non-hydrogen) atoms. The Labute approximate surface area is 177 Å². The summed E-state index contributed by atoms with van der Waals surface area (Å²) in [6.07, 6.45) is 6.51. The minimum Gasteiger partial charge on any atom is -0.479 e. The molecule has 0 radical (unpaired) electrons. The summed E-state index contributed by atoms with van der Waals surface area (Å²) in [5.41, 5.74) is 1.85. The summed E-state index contributed by atoms with van der Waals surface area (Å²) in [6, 6.07) is 7.75. The Morgan fingerprint density at radius 3 is 2.10 bits per heavy atom. The minimum absolute atomic E-state index is 0.406. The van der Waals surface area contributed by atoms with Crippen molar-refractivity contribution in [2.24, 2.45) is 11.8 Å². The smallest absolute Gasteiger partial charge is 0.336 e. The van der Waals surface area contributed by atoms with Crippen molar-refractivity contribution in [1.82, 2.24) is 0 Å². The van der Waals surface area contributed by atoms with Gasteiger partial charge in [0.05, 0.1) is 0 Å². The van der Waals surface area contributed by atoms with Crippen LogP contribution in [0.25, 0.3) is 0 Å². The standard InChI is InChI=1S/C24H32O6/c1-3-5-15-7-9-16(10-8-15)19(6-4-2)17-11-13-18(14-12-17)24-29-20(22(25)26)21(30-24)23(27)28/h4,11-16,19-21,24H,2-3,5-10H2,1H3,(H,25,26)(H,27,28)/t15-,16-,19?,20-,21-/m1/s1. The Morgan fingerprint density at radius 2 is 1.63 bits per heavy atom. The predicted octanol–water partition coefficient (Wildman–Crippen LogP) is 4.90. The average molecular weight is 417 g/mol. The Morgan fingerprint density at radius 1 is 1.07 bits per heavy atom. The van der Waals surface area contributed by atoms with Crippen LogP contribution in [0.5, 0.6) is 0 Å². The first-order chi connectivity index (χ1) is 14.4. The summed E-state index contributed by atoms with van der Waals surface area (Å²) in [5.74, 6) is -0.784. The molecule has 0 aromatic heterocycles. The molecule has 2 N–H and O–H groups in total. The van der Waals surface area contributed by atoms with E-state index < -0.39 is 30.4 Å². The largest absolute Gasteiger partial charge is 0.479 e. The fourth-order valence-corrected chi connectivity index (χ4v) is 4.94. The van der Waals surface area contributed by atoms with E-state index in [0.29, 0.717) is 17.4 Å². The molecule has 1 aromatic rings. The van der Waals surface area contributed by atoms with Crippen molar-refractivity contribution < 1.29 is 29.3 Å². The molecular weight excluding hydrogens is 384 g/mol. The Balaban J connectivity index is 1.69. The third-order valence-corrected chi connectivity index (χ3v) is 6.52. The molecule has 1 heterocycles. The van der Waals surface area contributed by atoms with E-state index in [0.717, 1.165) is 12.3 Å². The lowest BCUT2D eigenvalue weighted by molar-refractivity contribution is -0.156. The van der Waals surface area contributed by atoms with E-state index in [1.807, 2.05) is 30.3 Å². The molecule has 1 saturated heterocycles. The molecule has 0 spiro atoms. The van der Waals surface area contributed by atoms with Crippen LogP contribution in [-0.4, -0.2) is 34.4 Å². The molecule has 1 saturated carbocycles. The van der Waals surface area contributed by atoms with Crippen molar-refractivity contribution in [2.75, 3.05) is 0 Å². The molecule has 0 amide bonds. The molecule has 6 heteroatoms. The van der Waals surface area contributed by atoms with Gasteiger partial charge in [-0.3, -0.25) is 0 Å². The summed E-state index contributed by atoms with van der Waals surface area (Å²) < 4.78 is 10.7. The van der Waals surface area contributed by atoms with Crippen LogP contribution in [0.1, 0.15) is 75.2 Å². The van der Waals surface area contributed by atoms with Crippen LogP contribution in [0, 0.1) is 11.8 Å². The van der Waals surface area contributed by atoms with Crippen molar-refractivity contribution in [3.05, 3.63) is 48.0 Å². The van der Waals surface area contributed by atoms with Gasteiger partial charge in [0.2, 0.25) is 0 Å². The van der Waals surface area contributed by atoms with E-state index in [2.05, 4.69) is 13.5 Å². The number of carbonyl (C=O) groups is 2. The van der Waals surface area contributed by atoms with Gasteiger partial charge in [-0.05, 0) is 42.6 Å². The second kappa shape index (κ2) is 10.2. The van der Waals surface area contributed by atoms with Gasteiger partial charge >= 0.3 is 11.9 Å². The highest BCUT2D eigenvalue weighted by molar-refractivity contribution is 5.84. The van der Waals surface area contributed by atoms with E-state index in [9.17, 15) is 19.8 Å². The van der Waals surface area contributed by atoms with Gasteiger partial charge in [-0.2, -0.15) is 0 Å². The fraction of sp³-hybridized carbons (Fsp3) is 0.583. The first-order valence-electron chi connectivity index (χ1n) is 10.9. The lowest BCUT2D eigenvalue weighted by Gasteiger charge is -2.34. The highest BCUT2D eigenvalue weighted by Gasteiger charge is 2.46. The van der Waals surface area contributed by atoms with E-state index in [1.165, 1.54) is 44.1 Å². The number of hydrogen-bond donors (Lipinski definition) is 2. The second-order valence-electron chi connectivity index (χ2n) is 8.49. The zero-order valence-corrected chi connectivity index (χ0v) is 17.5. The zero-order valence-electron chi connectivity index (χ0n) is 17.5. The molecule has 1 aliphatic heterocycles. The minimum atomic E-state index is -1.51. The number of carboxylic acid groups (broad SMARTS) is 2. The van der Waals surface area contributed by atoms with Crippen molar-refractivity contribution in [2.45, 2.75) is 76.3 Å². The Kier molecular flexibility index (Phi) is 7.67.